The van der Waals surface area contributed by atoms with E-state index in [0.717, 1.165) is 5.56 Å². The molecule has 1 heterocycles. The number of nitrogens with zero attached hydrogens (tertiary/aromatic N) is 1. The van der Waals surface area contributed by atoms with Gasteiger partial charge in [0.15, 0.2) is 11.5 Å². The molecular formula is C21H21N3O6. The predicted octanol–water partition coefficient (Wildman–Crippen LogP) is 2.76. The van der Waals surface area contributed by atoms with Crippen molar-refractivity contribution in [3.05, 3.63) is 53.6 Å². The monoisotopic (exact) mass is 411 g/mol. The van der Waals surface area contributed by atoms with Gasteiger partial charge in [0.2, 0.25) is 12.7 Å². The number of nitrogens with one attached hydrogen (secondary N) is 2. The Morgan fingerprint density at radius 3 is 2.43 bits per heavy atom. The van der Waals surface area contributed by atoms with Crippen LogP contribution >= 0.6 is 0 Å². The zero-order chi connectivity index (χ0) is 21.5. The first-order valence-corrected chi connectivity index (χ1v) is 9.29. The van der Waals surface area contributed by atoms with Crippen LogP contribution in [0.25, 0.3) is 0 Å². The number of hydrogen-bond donors (Lipinski definition) is 3. The van der Waals surface area contributed by atoms with E-state index in [9.17, 15) is 14.4 Å². The molecule has 0 atom stereocenters. The standard InChI is InChI=1S/C21H21N3O6/c1-13(23-24-21(28)15-7-10-17-18(11-15)30-12-29-17)14-5-8-16(9-6-14)22-19(25)3-2-4-20(26)27/h5-11H,2-4,12H2,1H3,(H,22,25)(H,24,28)(H,26,27)/b23-13+. The van der Waals surface area contributed by atoms with E-state index in [4.69, 9.17) is 14.6 Å². The average Bonchev–Trinajstić information content (AvgIpc) is 3.20. The SMILES string of the molecule is C/C(=N\NC(=O)c1ccc2c(c1)OCO2)c1ccc(NC(=O)CCCC(=O)O)cc1. The van der Waals surface area contributed by atoms with E-state index in [-0.39, 0.29) is 37.9 Å². The van der Waals surface area contributed by atoms with Crippen molar-refractivity contribution >= 4 is 29.2 Å². The Balaban J connectivity index is 1.54. The van der Waals surface area contributed by atoms with Gasteiger partial charge in [0.05, 0.1) is 5.71 Å². The molecule has 9 heteroatoms. The van der Waals surface area contributed by atoms with E-state index in [1.807, 2.05) is 0 Å². The van der Waals surface area contributed by atoms with Crippen LogP contribution < -0.4 is 20.2 Å². The molecular weight excluding hydrogens is 390 g/mol. The summed E-state index contributed by atoms with van der Waals surface area (Å²) in [5, 5.41) is 15.4. The Labute approximate surface area is 172 Å². The number of hydrazone groups is 1. The summed E-state index contributed by atoms with van der Waals surface area (Å²) >= 11 is 0. The summed E-state index contributed by atoms with van der Waals surface area (Å²) in [6.45, 7) is 1.88. The van der Waals surface area contributed by atoms with Crippen LogP contribution in [0.15, 0.2) is 47.6 Å². The molecule has 0 bridgehead atoms. The van der Waals surface area contributed by atoms with E-state index in [1.54, 1.807) is 49.4 Å². The maximum atomic E-state index is 12.3. The summed E-state index contributed by atoms with van der Waals surface area (Å²) in [6.07, 6.45) is 0.383. The molecule has 156 valence electrons. The lowest BCUT2D eigenvalue weighted by atomic mass is 10.1. The van der Waals surface area contributed by atoms with Crippen molar-refractivity contribution in [2.45, 2.75) is 26.2 Å². The second-order valence-corrected chi connectivity index (χ2v) is 6.58. The molecule has 0 fully saturated rings. The average molecular weight is 411 g/mol. The van der Waals surface area contributed by atoms with Gasteiger partial charge in [-0.05, 0) is 49.2 Å². The number of benzene rings is 2. The van der Waals surface area contributed by atoms with Crippen LogP contribution in [0, 0.1) is 0 Å². The van der Waals surface area contributed by atoms with Crippen molar-refractivity contribution in [1.29, 1.82) is 0 Å². The number of carboxylic acids is 1. The van der Waals surface area contributed by atoms with Crippen LogP contribution in [-0.2, 0) is 9.59 Å². The number of hydrogen-bond acceptors (Lipinski definition) is 6. The lowest BCUT2D eigenvalue weighted by molar-refractivity contribution is -0.137. The number of fused-ring (bicyclic) bond motifs is 1. The molecule has 0 saturated carbocycles. The number of anilines is 1. The molecule has 2 aromatic rings. The van der Waals surface area contributed by atoms with Gasteiger partial charge in [-0.3, -0.25) is 14.4 Å². The third-order valence-electron chi connectivity index (χ3n) is 4.34. The van der Waals surface area contributed by atoms with Gasteiger partial charge >= 0.3 is 5.97 Å². The highest BCUT2D eigenvalue weighted by Gasteiger charge is 2.16. The molecule has 0 saturated heterocycles. The molecule has 3 N–H and O–H groups in total. The topological polar surface area (TPSA) is 126 Å². The number of aliphatic carboxylic acids is 1. The summed E-state index contributed by atoms with van der Waals surface area (Å²) in [5.41, 5.74) is 4.85. The Hall–Kier alpha value is -3.88. The molecule has 9 nitrogen and oxygen atoms in total. The minimum atomic E-state index is -0.924. The molecule has 0 aliphatic carbocycles. The second kappa shape index (κ2) is 9.55. The fraction of sp³-hybridized carbons (Fsp3) is 0.238. The highest BCUT2D eigenvalue weighted by Crippen LogP contribution is 2.32. The van der Waals surface area contributed by atoms with Crippen LogP contribution in [-0.4, -0.2) is 35.4 Å². The predicted molar refractivity (Wildman–Crippen MR) is 109 cm³/mol. The van der Waals surface area contributed by atoms with Crippen LogP contribution in [0.3, 0.4) is 0 Å². The number of ether oxygens (including phenoxy) is 2. The summed E-state index contributed by atoms with van der Waals surface area (Å²) in [6, 6.07) is 11.8. The fourth-order valence-corrected chi connectivity index (χ4v) is 2.72. The summed E-state index contributed by atoms with van der Waals surface area (Å²) < 4.78 is 10.5. The first kappa shape index (κ1) is 20.8. The molecule has 30 heavy (non-hydrogen) atoms. The van der Waals surface area contributed by atoms with Gasteiger partial charge in [0, 0.05) is 24.1 Å². The van der Waals surface area contributed by atoms with Crippen molar-refractivity contribution in [3.8, 4) is 11.5 Å². The van der Waals surface area contributed by atoms with Crippen LogP contribution in [0.1, 0.15) is 42.1 Å². The number of carbonyl (C=O) groups excluding carboxylic acids is 2. The molecule has 0 radical (unpaired) electrons. The molecule has 0 unspecified atom stereocenters. The van der Waals surface area contributed by atoms with E-state index in [1.165, 1.54) is 0 Å². The molecule has 1 aliphatic rings. The maximum Gasteiger partial charge on any atom is 0.303 e. The zero-order valence-electron chi connectivity index (χ0n) is 16.3. The Morgan fingerprint density at radius 2 is 1.70 bits per heavy atom. The molecule has 3 rings (SSSR count). The number of carboxylic acid groups (broad SMARTS) is 1. The van der Waals surface area contributed by atoms with Gasteiger partial charge in [-0.25, -0.2) is 5.43 Å². The minimum absolute atomic E-state index is 0.0417. The number of carbonyl (C=O) groups is 3. The lowest BCUT2D eigenvalue weighted by Crippen LogP contribution is -2.19. The Bertz CT molecular complexity index is 985. The lowest BCUT2D eigenvalue weighted by Gasteiger charge is -2.07. The highest BCUT2D eigenvalue weighted by molar-refractivity contribution is 6.01. The smallest absolute Gasteiger partial charge is 0.303 e. The molecule has 0 spiro atoms. The van der Waals surface area contributed by atoms with E-state index < -0.39 is 5.97 Å². The van der Waals surface area contributed by atoms with E-state index in [2.05, 4.69) is 15.8 Å². The van der Waals surface area contributed by atoms with Gasteiger partial charge in [0.25, 0.3) is 5.91 Å². The van der Waals surface area contributed by atoms with E-state index in [0.29, 0.717) is 28.5 Å². The van der Waals surface area contributed by atoms with Crippen molar-refractivity contribution in [2.75, 3.05) is 12.1 Å². The number of amides is 2. The second-order valence-electron chi connectivity index (χ2n) is 6.58. The van der Waals surface area contributed by atoms with Gasteiger partial charge in [-0.2, -0.15) is 5.10 Å². The summed E-state index contributed by atoms with van der Waals surface area (Å²) in [7, 11) is 0. The maximum absolute atomic E-state index is 12.3. The zero-order valence-corrected chi connectivity index (χ0v) is 16.3. The Morgan fingerprint density at radius 1 is 1.00 bits per heavy atom. The van der Waals surface area contributed by atoms with Crippen molar-refractivity contribution < 1.29 is 29.0 Å². The van der Waals surface area contributed by atoms with Crippen LogP contribution in [0.2, 0.25) is 0 Å². The van der Waals surface area contributed by atoms with Gasteiger partial charge in [-0.1, -0.05) is 12.1 Å². The third-order valence-corrected chi connectivity index (χ3v) is 4.34. The molecule has 2 amide bonds. The minimum Gasteiger partial charge on any atom is -0.481 e. The first-order valence-electron chi connectivity index (χ1n) is 9.29. The summed E-state index contributed by atoms with van der Waals surface area (Å²) in [5.74, 6) is -0.431. The number of rotatable bonds is 8. The Kier molecular flexibility index (Phi) is 6.63. The molecule has 1 aliphatic heterocycles. The molecule has 2 aromatic carbocycles. The first-order chi connectivity index (χ1) is 14.4. The highest BCUT2D eigenvalue weighted by atomic mass is 16.7. The van der Waals surface area contributed by atoms with E-state index >= 15 is 0 Å². The van der Waals surface area contributed by atoms with Crippen molar-refractivity contribution in [3.63, 3.8) is 0 Å². The van der Waals surface area contributed by atoms with Gasteiger partial charge < -0.3 is 19.9 Å². The van der Waals surface area contributed by atoms with Gasteiger partial charge in [-0.15, -0.1) is 0 Å². The van der Waals surface area contributed by atoms with Crippen molar-refractivity contribution in [2.24, 2.45) is 5.10 Å². The summed E-state index contributed by atoms with van der Waals surface area (Å²) in [4.78, 5) is 34.6. The largest absolute Gasteiger partial charge is 0.481 e. The fourth-order valence-electron chi connectivity index (χ4n) is 2.72. The van der Waals surface area contributed by atoms with Crippen LogP contribution in [0.4, 0.5) is 5.69 Å². The molecule has 0 aromatic heterocycles. The van der Waals surface area contributed by atoms with Crippen LogP contribution in [0.5, 0.6) is 11.5 Å². The van der Waals surface area contributed by atoms with Gasteiger partial charge in [0.1, 0.15) is 0 Å². The third kappa shape index (κ3) is 5.57. The van der Waals surface area contributed by atoms with Crippen molar-refractivity contribution in [1.82, 2.24) is 5.43 Å². The quantitative estimate of drug-likeness (QED) is 0.453. The normalized spacial score (nSPS) is 12.4.